The summed E-state index contributed by atoms with van der Waals surface area (Å²) in [6.07, 6.45) is 4.36. The van der Waals surface area contributed by atoms with Crippen molar-refractivity contribution in [1.82, 2.24) is 19.6 Å². The number of aromatic nitrogens is 2. The van der Waals surface area contributed by atoms with Gasteiger partial charge in [0.2, 0.25) is 11.8 Å². The molecule has 4 rings (SSSR count). The van der Waals surface area contributed by atoms with Crippen LogP contribution in [-0.4, -0.2) is 46.6 Å². The quantitative estimate of drug-likeness (QED) is 0.324. The summed E-state index contributed by atoms with van der Waals surface area (Å²) in [5, 5.41) is 3.25. The fourth-order valence-electron chi connectivity index (χ4n) is 3.58. The van der Waals surface area contributed by atoms with Crippen LogP contribution in [0, 0.1) is 6.92 Å². The molecule has 0 unspecified atom stereocenters. The molecule has 0 aliphatic carbocycles. The van der Waals surface area contributed by atoms with E-state index in [9.17, 15) is 0 Å². The number of rotatable bonds is 10. The maximum Gasteiger partial charge on any atom is 0.230 e. The van der Waals surface area contributed by atoms with Crippen LogP contribution in [-0.2, 0) is 0 Å². The number of hydrogen-bond donors (Lipinski definition) is 2. The zero-order valence-corrected chi connectivity index (χ0v) is 21.8. The van der Waals surface area contributed by atoms with Crippen molar-refractivity contribution in [2.45, 2.75) is 51.0 Å². The zero-order valence-electron chi connectivity index (χ0n) is 21.0. The molecule has 1 aliphatic rings. The highest BCUT2D eigenvalue weighted by atomic mass is 32.2. The number of hydrogen-bond acceptors (Lipinski definition) is 8. The first kappa shape index (κ1) is 25.3. The van der Waals surface area contributed by atoms with Crippen molar-refractivity contribution in [3.8, 4) is 17.4 Å². The maximum atomic E-state index is 6.11. The monoisotopic (exact) mass is 493 g/mol. The van der Waals surface area contributed by atoms with E-state index < -0.39 is 0 Å². The molecule has 1 saturated heterocycles. The van der Waals surface area contributed by atoms with E-state index in [1.807, 2.05) is 49.4 Å². The molecule has 0 radical (unpaired) electrons. The highest BCUT2D eigenvalue weighted by Gasteiger charge is 2.12. The van der Waals surface area contributed by atoms with Crippen molar-refractivity contribution < 1.29 is 9.47 Å². The second kappa shape index (κ2) is 11.7. The van der Waals surface area contributed by atoms with Gasteiger partial charge in [0.05, 0.1) is 0 Å². The van der Waals surface area contributed by atoms with Gasteiger partial charge in [0, 0.05) is 34.4 Å². The lowest BCUT2D eigenvalue weighted by molar-refractivity contribution is 0.238. The molecule has 0 spiro atoms. The summed E-state index contributed by atoms with van der Waals surface area (Å²) in [5.74, 6) is 2.60. The molecule has 0 atom stereocenters. The number of benzene rings is 2. The second-order valence-electron chi connectivity index (χ2n) is 9.76. The molecule has 7 nitrogen and oxygen atoms in total. The largest absolute Gasteiger partial charge is 0.492 e. The zero-order chi connectivity index (χ0) is 24.7. The number of aryl methyl sites for hydroxylation is 1. The van der Waals surface area contributed by atoms with Crippen molar-refractivity contribution >= 4 is 23.6 Å². The summed E-state index contributed by atoms with van der Waals surface area (Å²) in [7, 11) is 0. The predicted molar refractivity (Wildman–Crippen MR) is 143 cm³/mol. The number of nitrogens with one attached hydrogen (secondary N) is 2. The number of ether oxygens (including phenoxy) is 2. The van der Waals surface area contributed by atoms with Crippen LogP contribution in [0.3, 0.4) is 0 Å². The van der Waals surface area contributed by atoms with E-state index in [0.29, 0.717) is 18.4 Å². The van der Waals surface area contributed by atoms with E-state index in [4.69, 9.17) is 9.47 Å². The molecule has 2 heterocycles. The van der Waals surface area contributed by atoms with Gasteiger partial charge in [-0.2, -0.15) is 4.98 Å². The smallest absolute Gasteiger partial charge is 0.230 e. The van der Waals surface area contributed by atoms with Gasteiger partial charge in [0.15, 0.2) is 0 Å². The van der Waals surface area contributed by atoms with Crippen LogP contribution in [0.2, 0.25) is 0 Å². The number of anilines is 2. The van der Waals surface area contributed by atoms with Crippen molar-refractivity contribution in [2.75, 3.05) is 31.6 Å². The molecule has 2 aromatic carbocycles. The Labute approximate surface area is 212 Å². The fourth-order valence-corrected chi connectivity index (χ4v) is 4.32. The molecular weight excluding hydrogens is 458 g/mol. The van der Waals surface area contributed by atoms with Crippen molar-refractivity contribution in [1.29, 1.82) is 0 Å². The molecule has 0 amide bonds. The average molecular weight is 494 g/mol. The Kier molecular flexibility index (Phi) is 8.49. The lowest BCUT2D eigenvalue weighted by atomic mass is 10.1. The number of likely N-dealkylation sites (tertiary alicyclic amines) is 1. The molecule has 0 saturated carbocycles. The average Bonchev–Trinajstić information content (AvgIpc) is 3.35. The first-order chi connectivity index (χ1) is 16.8. The predicted octanol–water partition coefficient (Wildman–Crippen LogP) is 6.19. The third-order valence-electron chi connectivity index (χ3n) is 5.41. The van der Waals surface area contributed by atoms with Gasteiger partial charge in [0.1, 0.15) is 18.1 Å². The summed E-state index contributed by atoms with van der Waals surface area (Å²) in [6.45, 7) is 12.4. The Morgan fingerprint density at radius 2 is 1.80 bits per heavy atom. The van der Waals surface area contributed by atoms with E-state index in [1.165, 1.54) is 25.9 Å². The lowest BCUT2D eigenvalue weighted by Crippen LogP contribution is -2.29. The van der Waals surface area contributed by atoms with Gasteiger partial charge < -0.3 is 14.8 Å². The van der Waals surface area contributed by atoms with Gasteiger partial charge in [0.25, 0.3) is 0 Å². The van der Waals surface area contributed by atoms with E-state index in [1.54, 1.807) is 18.1 Å². The third-order valence-corrected chi connectivity index (χ3v) is 6.61. The highest BCUT2D eigenvalue weighted by Crippen LogP contribution is 2.28. The summed E-state index contributed by atoms with van der Waals surface area (Å²) in [4.78, 5) is 12.5. The third kappa shape index (κ3) is 8.13. The second-order valence-corrected chi connectivity index (χ2v) is 10.6. The molecular formula is C27H35N5O2S. The first-order valence-corrected chi connectivity index (χ1v) is 12.9. The van der Waals surface area contributed by atoms with E-state index >= 15 is 0 Å². The lowest BCUT2D eigenvalue weighted by Gasteiger charge is -2.19. The summed E-state index contributed by atoms with van der Waals surface area (Å²) >= 11 is 1.59. The van der Waals surface area contributed by atoms with Gasteiger partial charge in [-0.25, -0.2) is 4.98 Å². The minimum Gasteiger partial charge on any atom is -0.492 e. The maximum absolute atomic E-state index is 6.11. The van der Waals surface area contributed by atoms with Crippen LogP contribution in [0.25, 0.3) is 0 Å². The minimum absolute atomic E-state index is 0.0171. The standard InChI is InChI=1S/C27H35N5O2S/c1-20-19-28-26(29-21-10-12-22(13-11-21)33-17-16-32-14-5-6-15-32)30-25(20)34-23-8-7-9-24(18-23)35-31-27(2,3)4/h7-13,18-19,31H,5-6,14-17H2,1-4H3,(H,28,29,30). The molecule has 35 heavy (non-hydrogen) atoms. The van der Waals surface area contributed by atoms with Crippen molar-refractivity contribution in [3.63, 3.8) is 0 Å². The van der Waals surface area contributed by atoms with Gasteiger partial charge in [-0.3, -0.25) is 9.62 Å². The number of nitrogens with zero attached hydrogens (tertiary/aromatic N) is 3. The van der Waals surface area contributed by atoms with Crippen LogP contribution in [0.15, 0.2) is 59.6 Å². The Morgan fingerprint density at radius 1 is 1.03 bits per heavy atom. The Hall–Kier alpha value is -2.81. The van der Waals surface area contributed by atoms with Crippen LogP contribution in [0.1, 0.15) is 39.2 Å². The summed E-state index contributed by atoms with van der Waals surface area (Å²) < 4.78 is 15.4. The highest BCUT2D eigenvalue weighted by molar-refractivity contribution is 7.97. The SMILES string of the molecule is Cc1cnc(Nc2ccc(OCCN3CCCC3)cc2)nc1Oc1cccc(SNC(C)(C)C)c1. The van der Waals surface area contributed by atoms with Crippen molar-refractivity contribution in [3.05, 3.63) is 60.3 Å². The van der Waals surface area contributed by atoms with Gasteiger partial charge in [-0.1, -0.05) is 6.07 Å². The molecule has 1 fully saturated rings. The molecule has 8 heteroatoms. The molecule has 186 valence electrons. The first-order valence-electron chi connectivity index (χ1n) is 12.1. The Balaban J connectivity index is 1.34. The Morgan fingerprint density at radius 3 is 2.54 bits per heavy atom. The minimum atomic E-state index is 0.0171. The molecule has 3 aromatic rings. The van der Waals surface area contributed by atoms with Crippen molar-refractivity contribution in [2.24, 2.45) is 0 Å². The molecule has 1 aromatic heterocycles. The summed E-state index contributed by atoms with van der Waals surface area (Å²) in [6, 6.07) is 15.8. The molecule has 0 bridgehead atoms. The van der Waals surface area contributed by atoms with Gasteiger partial charge >= 0.3 is 0 Å². The topological polar surface area (TPSA) is 71.5 Å². The normalized spacial score (nSPS) is 14.2. The van der Waals surface area contributed by atoms with Crippen LogP contribution >= 0.6 is 11.9 Å². The summed E-state index contributed by atoms with van der Waals surface area (Å²) in [5.41, 5.74) is 1.77. The van der Waals surface area contributed by atoms with E-state index in [2.05, 4.69) is 51.7 Å². The van der Waals surface area contributed by atoms with Gasteiger partial charge in [-0.05, 0) is 108 Å². The van der Waals surface area contributed by atoms with Crippen LogP contribution < -0.4 is 19.5 Å². The van der Waals surface area contributed by atoms with Gasteiger partial charge in [-0.15, -0.1) is 0 Å². The molecule has 1 aliphatic heterocycles. The van der Waals surface area contributed by atoms with E-state index in [0.717, 1.165) is 34.2 Å². The fraction of sp³-hybridized carbons (Fsp3) is 0.407. The molecule has 2 N–H and O–H groups in total. The van der Waals surface area contributed by atoms with Crippen LogP contribution in [0.5, 0.6) is 17.4 Å². The van der Waals surface area contributed by atoms with Crippen LogP contribution in [0.4, 0.5) is 11.6 Å². The Bertz CT molecular complexity index is 1100. The van der Waals surface area contributed by atoms with E-state index in [-0.39, 0.29) is 5.54 Å².